The van der Waals surface area contributed by atoms with E-state index in [1.165, 1.54) is 11.3 Å². The molecule has 0 radical (unpaired) electrons. The first-order valence-corrected chi connectivity index (χ1v) is 11.9. The fourth-order valence-electron chi connectivity index (χ4n) is 3.26. The molecule has 4 rings (SSSR count). The molecule has 0 spiro atoms. The van der Waals surface area contributed by atoms with Gasteiger partial charge in [0.05, 0.1) is 15.1 Å². The van der Waals surface area contributed by atoms with Crippen LogP contribution in [0.1, 0.15) is 30.1 Å². The van der Waals surface area contributed by atoms with Gasteiger partial charge in [-0.15, -0.1) is 0 Å². The summed E-state index contributed by atoms with van der Waals surface area (Å²) < 4.78 is 28.2. The van der Waals surface area contributed by atoms with Crippen LogP contribution in [0.15, 0.2) is 47.4 Å². The number of rotatable bonds is 4. The highest BCUT2D eigenvalue weighted by molar-refractivity contribution is 7.89. The smallest absolute Gasteiger partial charge is 0.257 e. The van der Waals surface area contributed by atoms with Gasteiger partial charge in [-0.1, -0.05) is 29.9 Å². The number of piperidine rings is 1. The minimum atomic E-state index is -3.53. The second-order valence-corrected chi connectivity index (χ2v) is 10.6. The molecule has 1 aromatic heterocycles. The van der Waals surface area contributed by atoms with Crippen molar-refractivity contribution in [3.63, 3.8) is 0 Å². The maximum absolute atomic E-state index is 13.0. The van der Waals surface area contributed by atoms with Gasteiger partial charge in [-0.05, 0) is 61.2 Å². The average molecular weight is 450 g/mol. The second-order valence-electron chi connectivity index (χ2n) is 7.20. The van der Waals surface area contributed by atoms with Crippen molar-refractivity contribution in [2.45, 2.75) is 24.7 Å². The Balaban J connectivity index is 1.56. The van der Waals surface area contributed by atoms with Crippen LogP contribution in [-0.2, 0) is 10.0 Å². The van der Waals surface area contributed by atoms with Crippen molar-refractivity contribution in [3.05, 3.63) is 53.1 Å². The summed E-state index contributed by atoms with van der Waals surface area (Å²) in [4.78, 5) is 17.0. The fourth-order valence-corrected chi connectivity index (χ4v) is 5.86. The van der Waals surface area contributed by atoms with Gasteiger partial charge in [-0.25, -0.2) is 13.4 Å². The Bertz CT molecular complexity index is 1150. The number of thiazole rings is 1. The number of aromatic nitrogens is 1. The summed E-state index contributed by atoms with van der Waals surface area (Å²) in [5.41, 5.74) is 1.11. The molecular formula is C20H20ClN3O3S2. The molecule has 0 unspecified atom stereocenters. The van der Waals surface area contributed by atoms with Gasteiger partial charge in [-0.2, -0.15) is 4.31 Å². The van der Waals surface area contributed by atoms with Crippen LogP contribution in [-0.4, -0.2) is 36.7 Å². The lowest BCUT2D eigenvalue weighted by Gasteiger charge is -2.29. The molecule has 9 heteroatoms. The predicted octanol–water partition coefficient (Wildman–Crippen LogP) is 4.62. The molecule has 1 amide bonds. The minimum absolute atomic E-state index is 0.263. The van der Waals surface area contributed by atoms with Crippen LogP contribution in [0.3, 0.4) is 0 Å². The zero-order valence-electron chi connectivity index (χ0n) is 15.8. The first kappa shape index (κ1) is 20.3. The van der Waals surface area contributed by atoms with E-state index in [2.05, 4.69) is 17.2 Å². The Morgan fingerprint density at radius 1 is 1.17 bits per heavy atom. The van der Waals surface area contributed by atoms with Crippen LogP contribution >= 0.6 is 22.9 Å². The molecule has 0 saturated carbocycles. The standard InChI is InChI=1S/C20H20ClN3O3S2/c1-13-8-10-24(11-9-13)29(26,27)16-6-7-17-18(12-16)28-20(22-17)23-19(25)14-2-4-15(21)5-3-14/h2-7,12-13H,8-11H2,1H3,(H,22,23,25). The van der Waals surface area contributed by atoms with Crippen molar-refractivity contribution in [1.29, 1.82) is 0 Å². The summed E-state index contributed by atoms with van der Waals surface area (Å²) in [6.45, 7) is 3.24. The fraction of sp³-hybridized carbons (Fsp3) is 0.300. The van der Waals surface area contributed by atoms with E-state index in [9.17, 15) is 13.2 Å². The van der Waals surface area contributed by atoms with Gasteiger partial charge in [0, 0.05) is 23.7 Å². The number of hydrogen-bond donors (Lipinski definition) is 1. The lowest BCUT2D eigenvalue weighted by Crippen LogP contribution is -2.37. The maximum Gasteiger partial charge on any atom is 0.257 e. The molecule has 29 heavy (non-hydrogen) atoms. The van der Waals surface area contributed by atoms with E-state index in [0.29, 0.717) is 44.9 Å². The summed E-state index contributed by atoms with van der Waals surface area (Å²) in [5.74, 6) is 0.258. The first-order chi connectivity index (χ1) is 13.8. The zero-order valence-corrected chi connectivity index (χ0v) is 18.1. The van der Waals surface area contributed by atoms with E-state index < -0.39 is 10.0 Å². The summed E-state index contributed by atoms with van der Waals surface area (Å²) in [6.07, 6.45) is 1.76. The van der Waals surface area contributed by atoms with Crippen LogP contribution in [0, 0.1) is 5.92 Å². The number of halogens is 1. The lowest BCUT2D eigenvalue weighted by atomic mass is 10.0. The van der Waals surface area contributed by atoms with Gasteiger partial charge in [0.25, 0.3) is 5.91 Å². The number of benzene rings is 2. The first-order valence-electron chi connectivity index (χ1n) is 9.30. The van der Waals surface area contributed by atoms with Gasteiger partial charge >= 0.3 is 0 Å². The summed E-state index contributed by atoms with van der Waals surface area (Å²) in [5, 5.41) is 3.73. The van der Waals surface area contributed by atoms with Crippen LogP contribution in [0.4, 0.5) is 5.13 Å². The number of sulfonamides is 1. The Labute approximate surface area is 178 Å². The number of nitrogens with one attached hydrogen (secondary N) is 1. The molecular weight excluding hydrogens is 430 g/mol. The molecule has 1 aliphatic rings. The third kappa shape index (κ3) is 4.30. The Morgan fingerprint density at radius 3 is 2.55 bits per heavy atom. The van der Waals surface area contributed by atoms with Gasteiger partial charge < -0.3 is 0 Å². The lowest BCUT2D eigenvalue weighted by molar-refractivity contribution is 0.102. The van der Waals surface area contributed by atoms with E-state index >= 15 is 0 Å². The van der Waals surface area contributed by atoms with E-state index in [1.54, 1.807) is 46.8 Å². The number of hydrogen-bond acceptors (Lipinski definition) is 5. The quantitative estimate of drug-likeness (QED) is 0.630. The molecule has 6 nitrogen and oxygen atoms in total. The molecule has 0 bridgehead atoms. The minimum Gasteiger partial charge on any atom is -0.298 e. The Morgan fingerprint density at radius 2 is 1.86 bits per heavy atom. The van der Waals surface area contributed by atoms with Crippen LogP contribution < -0.4 is 5.32 Å². The molecule has 1 aliphatic heterocycles. The number of amides is 1. The average Bonchev–Trinajstić information content (AvgIpc) is 3.10. The molecule has 152 valence electrons. The number of nitrogens with zero attached hydrogens (tertiary/aromatic N) is 2. The number of carbonyl (C=O) groups excluding carboxylic acids is 1. The SMILES string of the molecule is CC1CCN(S(=O)(=O)c2ccc3nc(NC(=O)c4ccc(Cl)cc4)sc3c2)CC1. The van der Waals surface area contributed by atoms with Gasteiger partial charge in [0.15, 0.2) is 5.13 Å². The van der Waals surface area contributed by atoms with E-state index in [1.807, 2.05) is 0 Å². The van der Waals surface area contributed by atoms with Crippen LogP contribution in [0.2, 0.25) is 5.02 Å². The predicted molar refractivity (Wildman–Crippen MR) is 116 cm³/mol. The molecule has 0 atom stereocenters. The van der Waals surface area contributed by atoms with Crippen molar-refractivity contribution >= 4 is 54.2 Å². The van der Waals surface area contributed by atoms with Crippen LogP contribution in [0.25, 0.3) is 10.2 Å². The largest absolute Gasteiger partial charge is 0.298 e. The van der Waals surface area contributed by atoms with Gasteiger partial charge in [0.1, 0.15) is 0 Å². The molecule has 3 aromatic rings. The number of fused-ring (bicyclic) bond motifs is 1. The second kappa shape index (κ2) is 8.02. The molecule has 0 aliphatic carbocycles. The summed E-state index contributed by atoms with van der Waals surface area (Å²) in [7, 11) is -3.53. The van der Waals surface area contributed by atoms with Gasteiger partial charge in [-0.3, -0.25) is 10.1 Å². The van der Waals surface area contributed by atoms with Crippen LogP contribution in [0.5, 0.6) is 0 Å². The van der Waals surface area contributed by atoms with E-state index in [4.69, 9.17) is 11.6 Å². The molecule has 1 saturated heterocycles. The van der Waals surface area contributed by atoms with Crippen molar-refractivity contribution < 1.29 is 13.2 Å². The third-order valence-electron chi connectivity index (χ3n) is 5.07. The van der Waals surface area contributed by atoms with Crippen molar-refractivity contribution in [2.75, 3.05) is 18.4 Å². The molecule has 2 heterocycles. The molecule has 1 fully saturated rings. The Hall–Kier alpha value is -2.00. The van der Waals surface area contributed by atoms with Crippen molar-refractivity contribution in [3.8, 4) is 0 Å². The monoisotopic (exact) mass is 449 g/mol. The zero-order chi connectivity index (χ0) is 20.6. The van der Waals surface area contributed by atoms with Crippen molar-refractivity contribution in [1.82, 2.24) is 9.29 Å². The number of carbonyl (C=O) groups is 1. The Kier molecular flexibility index (Phi) is 5.61. The van der Waals surface area contributed by atoms with E-state index in [0.717, 1.165) is 12.8 Å². The number of anilines is 1. The maximum atomic E-state index is 13.0. The van der Waals surface area contributed by atoms with Crippen molar-refractivity contribution in [2.24, 2.45) is 5.92 Å². The molecule has 2 aromatic carbocycles. The molecule has 1 N–H and O–H groups in total. The highest BCUT2D eigenvalue weighted by Crippen LogP contribution is 2.30. The highest BCUT2D eigenvalue weighted by atomic mass is 35.5. The van der Waals surface area contributed by atoms with Gasteiger partial charge in [0.2, 0.25) is 10.0 Å². The van der Waals surface area contributed by atoms with E-state index in [-0.39, 0.29) is 10.8 Å². The topological polar surface area (TPSA) is 79.4 Å². The summed E-state index contributed by atoms with van der Waals surface area (Å²) in [6, 6.07) is 11.5. The highest BCUT2D eigenvalue weighted by Gasteiger charge is 2.28. The summed E-state index contributed by atoms with van der Waals surface area (Å²) >= 11 is 7.10. The normalized spacial score (nSPS) is 16.2. The third-order valence-corrected chi connectivity index (χ3v) is 8.15.